The van der Waals surface area contributed by atoms with Crippen molar-refractivity contribution in [2.75, 3.05) is 0 Å². The summed E-state index contributed by atoms with van der Waals surface area (Å²) in [5, 5.41) is 0. The number of nitrogens with zero attached hydrogens (tertiary/aromatic N) is 2. The summed E-state index contributed by atoms with van der Waals surface area (Å²) < 4.78 is 7.24. The Labute approximate surface area is 158 Å². The maximum absolute atomic E-state index is 12.6. The van der Waals surface area contributed by atoms with Gasteiger partial charge in [0.25, 0.3) is 5.56 Å². The number of benzene rings is 2. The normalized spacial score (nSPS) is 10.5. The molecular formula is C19H16BrN3O3. The average molecular weight is 414 g/mol. The van der Waals surface area contributed by atoms with Gasteiger partial charge in [0.05, 0.1) is 6.54 Å². The van der Waals surface area contributed by atoms with Crippen molar-refractivity contribution in [3.63, 3.8) is 0 Å². The minimum atomic E-state index is -0.538. The second kappa shape index (κ2) is 7.97. The monoisotopic (exact) mass is 413 g/mol. The Balaban J connectivity index is 1.82. The fraction of sp³-hybridized carbons (Fsp3) is 0.105. The molecule has 3 rings (SSSR count). The molecule has 0 spiro atoms. The number of carbonyl (C=O) groups is 1. The maximum atomic E-state index is 12.6. The molecule has 7 heteroatoms. The van der Waals surface area contributed by atoms with Gasteiger partial charge in [0.1, 0.15) is 17.4 Å². The summed E-state index contributed by atoms with van der Waals surface area (Å²) in [5.41, 5.74) is 7.08. The first kappa shape index (κ1) is 17.9. The first-order valence-corrected chi connectivity index (χ1v) is 8.65. The molecule has 0 unspecified atom stereocenters. The van der Waals surface area contributed by atoms with Crippen molar-refractivity contribution >= 4 is 21.8 Å². The van der Waals surface area contributed by atoms with E-state index in [1.807, 2.05) is 30.3 Å². The molecule has 1 heterocycles. The van der Waals surface area contributed by atoms with E-state index in [4.69, 9.17) is 10.5 Å². The van der Waals surface area contributed by atoms with Gasteiger partial charge in [-0.1, -0.05) is 48.5 Å². The minimum Gasteiger partial charge on any atom is -0.472 e. The first-order valence-electron chi connectivity index (χ1n) is 7.85. The molecule has 0 aliphatic rings. The Morgan fingerprint density at radius 2 is 1.81 bits per heavy atom. The van der Waals surface area contributed by atoms with Gasteiger partial charge < -0.3 is 10.5 Å². The van der Waals surface area contributed by atoms with Gasteiger partial charge in [0.2, 0.25) is 11.8 Å². The van der Waals surface area contributed by atoms with Crippen LogP contribution in [-0.4, -0.2) is 15.5 Å². The lowest BCUT2D eigenvalue weighted by Gasteiger charge is -2.11. The van der Waals surface area contributed by atoms with E-state index in [9.17, 15) is 9.59 Å². The fourth-order valence-electron chi connectivity index (χ4n) is 2.47. The molecular weight excluding hydrogens is 398 g/mol. The first-order chi connectivity index (χ1) is 12.6. The Hall–Kier alpha value is -2.93. The number of ether oxygens (including phenoxy) is 1. The van der Waals surface area contributed by atoms with E-state index in [-0.39, 0.29) is 22.5 Å². The van der Waals surface area contributed by atoms with Gasteiger partial charge >= 0.3 is 0 Å². The Morgan fingerprint density at radius 1 is 1.12 bits per heavy atom. The van der Waals surface area contributed by atoms with E-state index < -0.39 is 5.91 Å². The number of amides is 1. The molecule has 2 N–H and O–H groups in total. The van der Waals surface area contributed by atoms with Crippen LogP contribution in [0, 0.1) is 0 Å². The number of hydrogen-bond acceptors (Lipinski definition) is 4. The van der Waals surface area contributed by atoms with Gasteiger partial charge in [-0.25, -0.2) is 4.98 Å². The average Bonchev–Trinajstić information content (AvgIpc) is 2.66. The second-order valence-corrected chi connectivity index (χ2v) is 6.39. The molecule has 1 amide bonds. The lowest BCUT2D eigenvalue weighted by atomic mass is 10.1. The number of rotatable bonds is 6. The molecule has 0 aliphatic carbocycles. The lowest BCUT2D eigenvalue weighted by molar-refractivity contribution is 0.0999. The molecule has 0 radical (unpaired) electrons. The van der Waals surface area contributed by atoms with E-state index in [0.717, 1.165) is 5.56 Å². The second-order valence-electron chi connectivity index (χ2n) is 5.59. The van der Waals surface area contributed by atoms with Crippen molar-refractivity contribution in [3.05, 3.63) is 92.4 Å². The van der Waals surface area contributed by atoms with Gasteiger partial charge in [-0.3, -0.25) is 14.2 Å². The molecule has 0 saturated heterocycles. The Bertz CT molecular complexity index is 987. The third-order valence-electron chi connectivity index (χ3n) is 3.79. The van der Waals surface area contributed by atoms with Crippen LogP contribution in [-0.2, 0) is 13.2 Å². The van der Waals surface area contributed by atoms with Gasteiger partial charge in [0.15, 0.2) is 0 Å². The Kier molecular flexibility index (Phi) is 5.48. The van der Waals surface area contributed by atoms with Crippen LogP contribution in [0.2, 0.25) is 0 Å². The number of primary amides is 1. The molecule has 2 aromatic carbocycles. The molecule has 0 fully saturated rings. The predicted octanol–water partition coefficient (Wildman–Crippen LogP) is 2.73. The summed E-state index contributed by atoms with van der Waals surface area (Å²) >= 11 is 3.25. The van der Waals surface area contributed by atoms with E-state index in [1.165, 1.54) is 10.9 Å². The summed E-state index contributed by atoms with van der Waals surface area (Å²) in [6.45, 7) is 0.489. The molecule has 1 aromatic heterocycles. The largest absolute Gasteiger partial charge is 0.472 e. The van der Waals surface area contributed by atoms with Crippen LogP contribution in [0.3, 0.4) is 0 Å². The smallest absolute Gasteiger partial charge is 0.271 e. The summed E-state index contributed by atoms with van der Waals surface area (Å²) in [5.74, 6) is -0.318. The highest BCUT2D eigenvalue weighted by Gasteiger charge is 2.13. The van der Waals surface area contributed by atoms with E-state index in [0.29, 0.717) is 17.7 Å². The van der Waals surface area contributed by atoms with Crippen molar-refractivity contribution in [1.29, 1.82) is 0 Å². The zero-order chi connectivity index (χ0) is 18.5. The fourth-order valence-corrected chi connectivity index (χ4v) is 2.91. The quantitative estimate of drug-likeness (QED) is 0.672. The third-order valence-corrected chi connectivity index (χ3v) is 4.47. The van der Waals surface area contributed by atoms with Crippen molar-refractivity contribution in [2.45, 2.75) is 13.2 Å². The number of halogens is 1. The maximum Gasteiger partial charge on any atom is 0.271 e. The molecule has 6 nitrogen and oxygen atoms in total. The summed E-state index contributed by atoms with van der Waals surface area (Å²) in [6.07, 6.45) is 1.39. The molecule has 0 aliphatic heterocycles. The number of carbonyl (C=O) groups excluding carboxylic acids is 1. The topological polar surface area (TPSA) is 87.2 Å². The summed E-state index contributed by atoms with van der Waals surface area (Å²) in [6, 6.07) is 16.5. The van der Waals surface area contributed by atoms with Crippen LogP contribution in [0.25, 0.3) is 0 Å². The van der Waals surface area contributed by atoms with Crippen LogP contribution in [0.5, 0.6) is 5.88 Å². The van der Waals surface area contributed by atoms with E-state index in [2.05, 4.69) is 20.9 Å². The van der Waals surface area contributed by atoms with Crippen LogP contribution in [0.15, 0.2) is 70.2 Å². The standard InChI is InChI=1S/C19H16BrN3O3/c20-16-18(26-11-13-6-2-1-3-7-13)22-12-23(19(16)25)10-14-8-4-5-9-15(14)17(21)24/h1-9,12H,10-11H2,(H2,21,24). The third kappa shape index (κ3) is 4.00. The van der Waals surface area contributed by atoms with Crippen molar-refractivity contribution < 1.29 is 9.53 Å². The molecule has 0 saturated carbocycles. The highest BCUT2D eigenvalue weighted by atomic mass is 79.9. The molecule has 0 bridgehead atoms. The highest BCUT2D eigenvalue weighted by molar-refractivity contribution is 9.10. The van der Waals surface area contributed by atoms with Gasteiger partial charge in [0, 0.05) is 5.56 Å². The van der Waals surface area contributed by atoms with Gasteiger partial charge in [-0.15, -0.1) is 0 Å². The molecule has 26 heavy (non-hydrogen) atoms. The van der Waals surface area contributed by atoms with Crippen molar-refractivity contribution in [3.8, 4) is 5.88 Å². The lowest BCUT2D eigenvalue weighted by Crippen LogP contribution is -2.24. The SMILES string of the molecule is NC(=O)c1ccccc1Cn1cnc(OCc2ccccc2)c(Br)c1=O. The van der Waals surface area contributed by atoms with Crippen LogP contribution < -0.4 is 16.0 Å². The van der Waals surface area contributed by atoms with E-state index in [1.54, 1.807) is 24.3 Å². The molecule has 3 aromatic rings. The van der Waals surface area contributed by atoms with Crippen LogP contribution >= 0.6 is 15.9 Å². The van der Waals surface area contributed by atoms with Crippen LogP contribution in [0.4, 0.5) is 0 Å². The zero-order valence-electron chi connectivity index (χ0n) is 13.8. The van der Waals surface area contributed by atoms with E-state index >= 15 is 0 Å². The molecule has 132 valence electrons. The number of aromatic nitrogens is 2. The Morgan fingerprint density at radius 3 is 2.54 bits per heavy atom. The number of hydrogen-bond donors (Lipinski definition) is 1. The zero-order valence-corrected chi connectivity index (χ0v) is 15.3. The number of nitrogens with two attached hydrogens (primary N) is 1. The van der Waals surface area contributed by atoms with Gasteiger partial charge in [-0.05, 0) is 33.1 Å². The summed E-state index contributed by atoms with van der Waals surface area (Å²) in [4.78, 5) is 28.3. The molecule has 0 atom stereocenters. The summed E-state index contributed by atoms with van der Waals surface area (Å²) in [7, 11) is 0. The van der Waals surface area contributed by atoms with Crippen molar-refractivity contribution in [1.82, 2.24) is 9.55 Å². The van der Waals surface area contributed by atoms with Gasteiger partial charge in [-0.2, -0.15) is 0 Å². The predicted molar refractivity (Wildman–Crippen MR) is 101 cm³/mol. The minimum absolute atomic E-state index is 0.183. The van der Waals surface area contributed by atoms with Crippen LogP contribution in [0.1, 0.15) is 21.5 Å². The van der Waals surface area contributed by atoms with Crippen molar-refractivity contribution in [2.24, 2.45) is 5.73 Å². The highest BCUT2D eigenvalue weighted by Crippen LogP contribution is 2.19.